The van der Waals surface area contributed by atoms with Crippen molar-refractivity contribution in [2.75, 3.05) is 10.6 Å². The first kappa shape index (κ1) is 15.6. The lowest BCUT2D eigenvalue weighted by Crippen LogP contribution is -2.24. The molecule has 0 aliphatic carbocycles. The Hall–Kier alpha value is -3.60. The highest BCUT2D eigenvalue weighted by Gasteiger charge is 2.27. The van der Waals surface area contributed by atoms with Crippen LogP contribution in [0.5, 0.6) is 0 Å². The second-order valence-electron chi connectivity index (χ2n) is 6.69. The molecule has 27 heavy (non-hydrogen) atoms. The van der Waals surface area contributed by atoms with Crippen LogP contribution in [0, 0.1) is 0 Å². The quantitative estimate of drug-likeness (QED) is 0.552. The van der Waals surface area contributed by atoms with E-state index in [0.29, 0.717) is 0 Å². The van der Waals surface area contributed by atoms with Crippen LogP contribution < -0.4 is 10.6 Å². The van der Waals surface area contributed by atoms with Gasteiger partial charge in [-0.1, -0.05) is 36.4 Å². The van der Waals surface area contributed by atoms with Gasteiger partial charge in [0.25, 0.3) is 0 Å². The molecular formula is C22H18N4O. The molecule has 1 aliphatic heterocycles. The first-order chi connectivity index (χ1) is 13.2. The molecule has 1 aliphatic rings. The summed E-state index contributed by atoms with van der Waals surface area (Å²) in [6.07, 6.45) is -0.0753. The van der Waals surface area contributed by atoms with Gasteiger partial charge in [0.1, 0.15) is 12.0 Å². The first-order valence-electron chi connectivity index (χ1n) is 8.91. The van der Waals surface area contributed by atoms with Crippen molar-refractivity contribution in [2.24, 2.45) is 0 Å². The highest BCUT2D eigenvalue weighted by atomic mass is 16.1. The zero-order valence-electron chi connectivity index (χ0n) is 14.8. The van der Waals surface area contributed by atoms with Crippen LogP contribution in [-0.4, -0.2) is 15.5 Å². The molecule has 0 bridgehead atoms. The fraction of sp³-hybridized carbons (Fsp3) is 0.0909. The highest BCUT2D eigenvalue weighted by Crippen LogP contribution is 2.40. The van der Waals surface area contributed by atoms with E-state index in [1.807, 2.05) is 54.6 Å². The Morgan fingerprint density at radius 2 is 1.74 bits per heavy atom. The van der Waals surface area contributed by atoms with E-state index < -0.39 is 0 Å². The minimum atomic E-state index is -0.0753. The maximum absolute atomic E-state index is 11.3. The Kier molecular flexibility index (Phi) is 3.47. The van der Waals surface area contributed by atoms with Crippen LogP contribution in [0.1, 0.15) is 18.7 Å². The normalized spacial score (nSPS) is 14.9. The van der Waals surface area contributed by atoms with Crippen LogP contribution in [0.25, 0.3) is 22.4 Å². The Labute approximate surface area is 156 Å². The maximum Gasteiger partial charge on any atom is 0.221 e. The zero-order valence-corrected chi connectivity index (χ0v) is 14.8. The predicted molar refractivity (Wildman–Crippen MR) is 108 cm³/mol. The average molecular weight is 354 g/mol. The smallest absolute Gasteiger partial charge is 0.221 e. The number of para-hydroxylation sites is 3. The van der Waals surface area contributed by atoms with E-state index in [4.69, 9.17) is 4.98 Å². The van der Waals surface area contributed by atoms with Crippen molar-refractivity contribution in [3.8, 4) is 11.4 Å². The van der Waals surface area contributed by atoms with Gasteiger partial charge in [-0.2, -0.15) is 0 Å². The van der Waals surface area contributed by atoms with Crippen molar-refractivity contribution in [3.63, 3.8) is 0 Å². The Morgan fingerprint density at radius 1 is 1.00 bits per heavy atom. The van der Waals surface area contributed by atoms with Gasteiger partial charge in [-0.25, -0.2) is 4.98 Å². The number of nitrogens with zero attached hydrogens (tertiary/aromatic N) is 2. The van der Waals surface area contributed by atoms with E-state index in [2.05, 4.69) is 33.4 Å². The van der Waals surface area contributed by atoms with Crippen molar-refractivity contribution in [2.45, 2.75) is 13.1 Å². The summed E-state index contributed by atoms with van der Waals surface area (Å²) in [4.78, 5) is 16.2. The molecular weight excluding hydrogens is 336 g/mol. The van der Waals surface area contributed by atoms with Gasteiger partial charge in [-0.15, -0.1) is 0 Å². The Bertz CT molecular complexity index is 1160. The van der Waals surface area contributed by atoms with Crippen LogP contribution in [-0.2, 0) is 4.79 Å². The molecule has 2 N–H and O–H groups in total. The van der Waals surface area contributed by atoms with Crippen molar-refractivity contribution < 1.29 is 4.79 Å². The van der Waals surface area contributed by atoms with E-state index in [9.17, 15) is 4.79 Å². The number of nitrogens with one attached hydrogen (secondary N) is 2. The molecule has 1 unspecified atom stereocenters. The number of carbonyl (C=O) groups is 1. The largest absolute Gasteiger partial charge is 0.361 e. The molecule has 3 aromatic carbocycles. The zero-order chi connectivity index (χ0) is 18.4. The number of benzene rings is 3. The van der Waals surface area contributed by atoms with Gasteiger partial charge >= 0.3 is 0 Å². The number of fused-ring (bicyclic) bond motifs is 5. The standard InChI is InChI=1S/C22H18N4O/c1-14(27)23-16-12-10-15(11-13-16)21-24-18-7-3-2-6-17(18)22-25-19-8-4-5-9-20(19)26(21)22/h2-13,21,24H,1H3,(H,23,27). The lowest BCUT2D eigenvalue weighted by atomic mass is 10.1. The monoisotopic (exact) mass is 354 g/mol. The van der Waals surface area contributed by atoms with Gasteiger partial charge in [0, 0.05) is 23.9 Å². The molecule has 0 saturated carbocycles. The number of anilines is 2. The number of imidazole rings is 1. The van der Waals surface area contributed by atoms with Crippen molar-refractivity contribution in [1.82, 2.24) is 9.55 Å². The summed E-state index contributed by atoms with van der Waals surface area (Å²) in [6.45, 7) is 1.51. The Morgan fingerprint density at radius 3 is 2.56 bits per heavy atom. The second kappa shape index (κ2) is 5.99. The minimum absolute atomic E-state index is 0.0737. The van der Waals surface area contributed by atoms with Crippen molar-refractivity contribution >= 4 is 28.3 Å². The lowest BCUT2D eigenvalue weighted by molar-refractivity contribution is -0.114. The fourth-order valence-corrected chi connectivity index (χ4v) is 3.70. The van der Waals surface area contributed by atoms with Crippen LogP contribution in [0.3, 0.4) is 0 Å². The van der Waals surface area contributed by atoms with Crippen LogP contribution >= 0.6 is 0 Å². The maximum atomic E-state index is 11.3. The van der Waals surface area contributed by atoms with Gasteiger partial charge in [0.2, 0.25) is 5.91 Å². The third kappa shape index (κ3) is 2.56. The van der Waals surface area contributed by atoms with Crippen LogP contribution in [0.2, 0.25) is 0 Å². The summed E-state index contributed by atoms with van der Waals surface area (Å²) < 4.78 is 2.24. The van der Waals surface area contributed by atoms with E-state index in [0.717, 1.165) is 39.4 Å². The number of rotatable bonds is 2. The molecule has 4 aromatic rings. The second-order valence-corrected chi connectivity index (χ2v) is 6.69. The number of carbonyl (C=O) groups excluding carboxylic acids is 1. The lowest BCUT2D eigenvalue weighted by Gasteiger charge is -2.30. The van der Waals surface area contributed by atoms with Gasteiger partial charge in [-0.05, 0) is 42.0 Å². The molecule has 5 nitrogen and oxygen atoms in total. The number of hydrogen-bond donors (Lipinski definition) is 2. The molecule has 5 rings (SSSR count). The summed E-state index contributed by atoms with van der Waals surface area (Å²) in [5.74, 6) is 0.886. The van der Waals surface area contributed by atoms with E-state index in [-0.39, 0.29) is 12.1 Å². The predicted octanol–water partition coefficient (Wildman–Crippen LogP) is 4.63. The topological polar surface area (TPSA) is 59.0 Å². The van der Waals surface area contributed by atoms with E-state index in [1.165, 1.54) is 6.92 Å². The van der Waals surface area contributed by atoms with Crippen LogP contribution in [0.15, 0.2) is 72.8 Å². The molecule has 1 aromatic heterocycles. The van der Waals surface area contributed by atoms with E-state index in [1.54, 1.807) is 0 Å². The molecule has 0 fully saturated rings. The molecule has 1 amide bonds. The number of hydrogen-bond acceptors (Lipinski definition) is 3. The minimum Gasteiger partial charge on any atom is -0.361 e. The average Bonchev–Trinajstić information content (AvgIpc) is 3.07. The summed E-state index contributed by atoms with van der Waals surface area (Å²) in [5, 5.41) is 6.46. The summed E-state index contributed by atoms with van der Waals surface area (Å²) in [7, 11) is 0. The molecule has 5 heteroatoms. The SMILES string of the molecule is CC(=O)Nc1ccc(C2Nc3ccccc3-c3nc4ccccc4n32)cc1. The van der Waals surface area contributed by atoms with Crippen LogP contribution in [0.4, 0.5) is 11.4 Å². The fourth-order valence-electron chi connectivity index (χ4n) is 3.70. The molecule has 0 saturated heterocycles. The molecule has 2 heterocycles. The summed E-state index contributed by atoms with van der Waals surface area (Å²) >= 11 is 0. The third-order valence-electron chi connectivity index (χ3n) is 4.86. The molecule has 0 spiro atoms. The first-order valence-corrected chi connectivity index (χ1v) is 8.91. The highest BCUT2D eigenvalue weighted by molar-refractivity contribution is 5.89. The van der Waals surface area contributed by atoms with Crippen molar-refractivity contribution in [3.05, 3.63) is 78.4 Å². The van der Waals surface area contributed by atoms with Gasteiger partial charge in [-0.3, -0.25) is 9.36 Å². The summed E-state index contributed by atoms with van der Waals surface area (Å²) in [5.41, 5.74) is 6.12. The molecule has 1 atom stereocenters. The molecule has 0 radical (unpaired) electrons. The van der Waals surface area contributed by atoms with Gasteiger partial charge in [0.05, 0.1) is 11.0 Å². The van der Waals surface area contributed by atoms with E-state index >= 15 is 0 Å². The van der Waals surface area contributed by atoms with Gasteiger partial charge in [0.15, 0.2) is 0 Å². The summed E-state index contributed by atoms with van der Waals surface area (Å²) in [6, 6.07) is 24.4. The van der Waals surface area contributed by atoms with Gasteiger partial charge < -0.3 is 10.6 Å². The number of amides is 1. The number of aromatic nitrogens is 2. The molecule has 132 valence electrons. The van der Waals surface area contributed by atoms with Crippen molar-refractivity contribution in [1.29, 1.82) is 0 Å². The third-order valence-corrected chi connectivity index (χ3v) is 4.86. The Balaban J connectivity index is 1.68.